The monoisotopic (exact) mass is 279 g/mol. The van der Waals surface area contributed by atoms with Crippen LogP contribution in [0.2, 0.25) is 0 Å². The van der Waals surface area contributed by atoms with E-state index in [0.717, 1.165) is 25.1 Å². The van der Waals surface area contributed by atoms with E-state index < -0.39 is 0 Å². The molecule has 2 nitrogen and oxygen atoms in total. The first-order valence-electron chi connectivity index (χ1n) is 7.49. The zero-order valence-electron chi connectivity index (χ0n) is 12.9. The van der Waals surface area contributed by atoms with E-state index in [9.17, 15) is 4.39 Å². The van der Waals surface area contributed by atoms with Gasteiger partial charge in [0.25, 0.3) is 0 Å². The number of benzene rings is 1. The van der Waals surface area contributed by atoms with Crippen molar-refractivity contribution in [3.05, 3.63) is 35.6 Å². The Labute approximate surface area is 121 Å². The van der Waals surface area contributed by atoms with Gasteiger partial charge < -0.3 is 10.1 Å². The number of ether oxygens (including phenoxy) is 1. The quantitative estimate of drug-likeness (QED) is 0.856. The number of rotatable bonds is 6. The lowest BCUT2D eigenvalue weighted by Gasteiger charge is -2.52. The van der Waals surface area contributed by atoms with Crippen molar-refractivity contribution in [1.82, 2.24) is 5.32 Å². The van der Waals surface area contributed by atoms with Crippen molar-refractivity contribution in [3.63, 3.8) is 0 Å². The summed E-state index contributed by atoms with van der Waals surface area (Å²) < 4.78 is 18.8. The third-order valence-electron chi connectivity index (χ3n) is 4.27. The van der Waals surface area contributed by atoms with E-state index in [1.807, 2.05) is 12.1 Å². The highest BCUT2D eigenvalue weighted by molar-refractivity contribution is 5.16. The van der Waals surface area contributed by atoms with Gasteiger partial charge in [0.2, 0.25) is 0 Å². The molecule has 2 unspecified atom stereocenters. The van der Waals surface area contributed by atoms with Gasteiger partial charge in [-0.1, -0.05) is 39.8 Å². The smallest absolute Gasteiger partial charge is 0.123 e. The highest BCUT2D eigenvalue weighted by atomic mass is 19.1. The second-order valence-electron chi connectivity index (χ2n) is 6.83. The van der Waals surface area contributed by atoms with Crippen LogP contribution in [0.1, 0.15) is 39.7 Å². The highest BCUT2D eigenvalue weighted by Crippen LogP contribution is 2.43. The van der Waals surface area contributed by atoms with Gasteiger partial charge >= 0.3 is 0 Å². The summed E-state index contributed by atoms with van der Waals surface area (Å²) in [4.78, 5) is 0. The number of hydrogen-bond acceptors (Lipinski definition) is 2. The number of halogens is 1. The molecule has 0 amide bonds. The fourth-order valence-electron chi connectivity index (χ4n) is 2.67. The Morgan fingerprint density at radius 1 is 1.30 bits per heavy atom. The van der Waals surface area contributed by atoms with Gasteiger partial charge in [-0.15, -0.1) is 0 Å². The van der Waals surface area contributed by atoms with Crippen molar-refractivity contribution in [2.75, 3.05) is 6.61 Å². The second-order valence-corrected chi connectivity index (χ2v) is 6.83. The predicted octanol–water partition coefficient (Wildman–Crippen LogP) is 3.76. The van der Waals surface area contributed by atoms with E-state index in [2.05, 4.69) is 33.0 Å². The van der Waals surface area contributed by atoms with Crippen LogP contribution in [0.4, 0.5) is 4.39 Å². The van der Waals surface area contributed by atoms with Gasteiger partial charge in [-0.2, -0.15) is 0 Å². The molecule has 0 saturated heterocycles. The van der Waals surface area contributed by atoms with Crippen LogP contribution in [0.25, 0.3) is 0 Å². The lowest BCUT2D eigenvalue weighted by molar-refractivity contribution is -0.124. The molecule has 1 N–H and O–H groups in total. The summed E-state index contributed by atoms with van der Waals surface area (Å²) >= 11 is 0. The molecular weight excluding hydrogens is 253 g/mol. The summed E-state index contributed by atoms with van der Waals surface area (Å²) in [5, 5.41) is 3.56. The van der Waals surface area contributed by atoms with Crippen LogP contribution in [-0.4, -0.2) is 18.8 Å². The van der Waals surface area contributed by atoms with Gasteiger partial charge in [0.05, 0.1) is 6.10 Å². The molecular formula is C17H26FNO. The van der Waals surface area contributed by atoms with Crippen LogP contribution in [0.3, 0.4) is 0 Å². The number of hydrogen-bond donors (Lipinski definition) is 1. The van der Waals surface area contributed by atoms with Crippen molar-refractivity contribution in [1.29, 1.82) is 0 Å². The third-order valence-corrected chi connectivity index (χ3v) is 4.27. The van der Waals surface area contributed by atoms with Crippen molar-refractivity contribution < 1.29 is 9.13 Å². The molecule has 112 valence electrons. The summed E-state index contributed by atoms with van der Waals surface area (Å²) in [6, 6.07) is 7.15. The minimum absolute atomic E-state index is 0.162. The molecule has 2 atom stereocenters. The van der Waals surface area contributed by atoms with Crippen LogP contribution in [-0.2, 0) is 11.3 Å². The predicted molar refractivity (Wildman–Crippen MR) is 80.0 cm³/mol. The average molecular weight is 279 g/mol. The first kappa shape index (κ1) is 15.5. The van der Waals surface area contributed by atoms with Gasteiger partial charge in [0.1, 0.15) is 5.82 Å². The molecule has 1 aliphatic carbocycles. The van der Waals surface area contributed by atoms with E-state index >= 15 is 0 Å². The molecule has 1 aromatic carbocycles. The SMILES string of the molecule is CC(C)COC1CC(NCc2ccc(F)cc2)C1(C)C. The van der Waals surface area contributed by atoms with Crippen LogP contribution in [0, 0.1) is 17.2 Å². The van der Waals surface area contributed by atoms with Crippen LogP contribution in [0.15, 0.2) is 24.3 Å². The third kappa shape index (κ3) is 3.58. The molecule has 1 aliphatic rings. The lowest BCUT2D eigenvalue weighted by Crippen LogP contribution is -2.60. The molecule has 0 spiro atoms. The highest BCUT2D eigenvalue weighted by Gasteiger charge is 2.48. The van der Waals surface area contributed by atoms with Gasteiger partial charge in [-0.25, -0.2) is 4.39 Å². The number of nitrogens with one attached hydrogen (secondary N) is 1. The van der Waals surface area contributed by atoms with Crippen molar-refractivity contribution in [2.24, 2.45) is 11.3 Å². The fraction of sp³-hybridized carbons (Fsp3) is 0.647. The summed E-state index contributed by atoms with van der Waals surface area (Å²) in [5.41, 5.74) is 1.28. The van der Waals surface area contributed by atoms with E-state index in [1.165, 1.54) is 12.1 Å². The molecule has 1 aromatic rings. The molecule has 1 fully saturated rings. The minimum Gasteiger partial charge on any atom is -0.377 e. The van der Waals surface area contributed by atoms with Gasteiger partial charge in [0, 0.05) is 24.6 Å². The molecule has 1 saturated carbocycles. The van der Waals surface area contributed by atoms with Crippen molar-refractivity contribution >= 4 is 0 Å². The largest absolute Gasteiger partial charge is 0.377 e. The molecule has 0 aliphatic heterocycles. The zero-order valence-corrected chi connectivity index (χ0v) is 12.9. The first-order chi connectivity index (χ1) is 9.39. The Morgan fingerprint density at radius 2 is 1.95 bits per heavy atom. The average Bonchev–Trinajstić information content (AvgIpc) is 2.38. The Kier molecular flexibility index (Phi) is 4.82. The molecule has 0 radical (unpaired) electrons. The molecule has 0 aromatic heterocycles. The lowest BCUT2D eigenvalue weighted by atomic mass is 9.64. The summed E-state index contributed by atoms with van der Waals surface area (Å²) in [5.74, 6) is 0.400. The molecule has 2 rings (SSSR count). The Bertz CT molecular complexity index is 427. The standard InChI is InChI=1S/C17H26FNO/c1-12(2)11-20-16-9-15(17(16,3)4)19-10-13-5-7-14(18)8-6-13/h5-8,12,15-16,19H,9-11H2,1-4H3. The molecule has 0 bridgehead atoms. The van der Waals surface area contributed by atoms with Crippen LogP contribution >= 0.6 is 0 Å². The van der Waals surface area contributed by atoms with Crippen molar-refractivity contribution in [2.45, 2.75) is 52.8 Å². The molecule has 20 heavy (non-hydrogen) atoms. The van der Waals surface area contributed by atoms with E-state index in [0.29, 0.717) is 18.1 Å². The normalized spacial score (nSPS) is 24.7. The second kappa shape index (κ2) is 6.23. The maximum atomic E-state index is 12.9. The van der Waals surface area contributed by atoms with Gasteiger partial charge in [-0.3, -0.25) is 0 Å². The van der Waals surface area contributed by atoms with Crippen molar-refractivity contribution in [3.8, 4) is 0 Å². The van der Waals surface area contributed by atoms with E-state index in [-0.39, 0.29) is 11.2 Å². The maximum absolute atomic E-state index is 12.9. The summed E-state index contributed by atoms with van der Waals surface area (Å²) in [6.07, 6.45) is 1.40. The summed E-state index contributed by atoms with van der Waals surface area (Å²) in [6.45, 7) is 10.5. The van der Waals surface area contributed by atoms with Crippen LogP contribution in [0.5, 0.6) is 0 Å². The Hall–Kier alpha value is -0.930. The van der Waals surface area contributed by atoms with Gasteiger partial charge in [0.15, 0.2) is 0 Å². The molecule has 3 heteroatoms. The minimum atomic E-state index is -0.181. The van der Waals surface area contributed by atoms with E-state index in [1.54, 1.807) is 0 Å². The van der Waals surface area contributed by atoms with Crippen LogP contribution < -0.4 is 5.32 Å². The first-order valence-corrected chi connectivity index (χ1v) is 7.49. The topological polar surface area (TPSA) is 21.3 Å². The zero-order chi connectivity index (χ0) is 14.8. The maximum Gasteiger partial charge on any atom is 0.123 e. The van der Waals surface area contributed by atoms with E-state index in [4.69, 9.17) is 4.74 Å². The summed E-state index contributed by atoms with van der Waals surface area (Å²) in [7, 11) is 0. The Morgan fingerprint density at radius 3 is 2.50 bits per heavy atom. The fourth-order valence-corrected chi connectivity index (χ4v) is 2.67. The Balaban J connectivity index is 1.79. The van der Waals surface area contributed by atoms with Gasteiger partial charge in [-0.05, 0) is 30.0 Å². The molecule has 0 heterocycles.